The number of nitrogens with one attached hydrogen (secondary N) is 1. The SMILES string of the molecule is COc1c(C(F)(F)F)ccc(Oc2ccccc2)c1C(=O)Nc1ccnc(C(N)=O)c1. The van der Waals surface area contributed by atoms with E-state index >= 15 is 0 Å². The van der Waals surface area contributed by atoms with Crippen molar-refractivity contribution < 1.29 is 32.2 Å². The minimum atomic E-state index is -4.78. The number of hydrogen-bond acceptors (Lipinski definition) is 5. The summed E-state index contributed by atoms with van der Waals surface area (Å²) in [6.07, 6.45) is -3.55. The molecule has 0 aliphatic rings. The summed E-state index contributed by atoms with van der Waals surface area (Å²) in [5, 5.41) is 2.42. The number of aromatic nitrogens is 1. The van der Waals surface area contributed by atoms with E-state index in [4.69, 9.17) is 15.2 Å². The van der Waals surface area contributed by atoms with Gasteiger partial charge in [0.2, 0.25) is 0 Å². The number of anilines is 1. The first-order valence-electron chi connectivity index (χ1n) is 8.79. The molecule has 0 aliphatic heterocycles. The van der Waals surface area contributed by atoms with Crippen molar-refractivity contribution in [3.63, 3.8) is 0 Å². The Kier molecular flexibility index (Phi) is 6.10. The van der Waals surface area contributed by atoms with E-state index in [2.05, 4.69) is 10.3 Å². The molecule has 0 spiro atoms. The number of halogens is 3. The molecule has 7 nitrogen and oxygen atoms in total. The molecular weight excluding hydrogens is 415 g/mol. The predicted octanol–water partition coefficient (Wildman–Crippen LogP) is 4.25. The highest BCUT2D eigenvalue weighted by Gasteiger charge is 2.38. The molecule has 3 N–H and O–H groups in total. The maximum atomic E-state index is 13.5. The number of methoxy groups -OCH3 is 1. The summed E-state index contributed by atoms with van der Waals surface area (Å²) < 4.78 is 51.1. The van der Waals surface area contributed by atoms with Gasteiger partial charge in [0, 0.05) is 11.9 Å². The topological polar surface area (TPSA) is 104 Å². The smallest absolute Gasteiger partial charge is 0.419 e. The molecule has 0 saturated carbocycles. The van der Waals surface area contributed by atoms with Crippen LogP contribution in [0.3, 0.4) is 0 Å². The molecule has 0 aliphatic carbocycles. The van der Waals surface area contributed by atoms with Gasteiger partial charge in [0.1, 0.15) is 28.5 Å². The third-order valence-corrected chi connectivity index (χ3v) is 4.10. The molecule has 0 bridgehead atoms. The number of hydrogen-bond donors (Lipinski definition) is 2. The number of alkyl halides is 3. The van der Waals surface area contributed by atoms with Crippen LogP contribution in [0.2, 0.25) is 0 Å². The van der Waals surface area contributed by atoms with Gasteiger partial charge in [-0.05, 0) is 36.4 Å². The van der Waals surface area contributed by atoms with Gasteiger partial charge in [-0.25, -0.2) is 0 Å². The van der Waals surface area contributed by atoms with Gasteiger partial charge >= 0.3 is 6.18 Å². The van der Waals surface area contributed by atoms with Gasteiger partial charge in [0.25, 0.3) is 11.8 Å². The predicted molar refractivity (Wildman–Crippen MR) is 105 cm³/mol. The molecule has 2 aromatic carbocycles. The molecular formula is C21H16F3N3O4. The first-order chi connectivity index (χ1) is 14.7. The van der Waals surface area contributed by atoms with Gasteiger partial charge < -0.3 is 20.5 Å². The normalized spacial score (nSPS) is 11.0. The Morgan fingerprint density at radius 1 is 1.06 bits per heavy atom. The molecule has 0 saturated heterocycles. The second kappa shape index (κ2) is 8.74. The van der Waals surface area contributed by atoms with Gasteiger partial charge in [0.05, 0.1) is 12.7 Å². The fourth-order valence-electron chi connectivity index (χ4n) is 2.75. The second-order valence-electron chi connectivity index (χ2n) is 6.18. The van der Waals surface area contributed by atoms with Gasteiger partial charge in [-0.2, -0.15) is 13.2 Å². The van der Waals surface area contributed by atoms with Crippen LogP contribution in [0.5, 0.6) is 17.2 Å². The van der Waals surface area contributed by atoms with Crippen molar-refractivity contribution in [1.82, 2.24) is 4.98 Å². The maximum absolute atomic E-state index is 13.5. The van der Waals surface area contributed by atoms with Gasteiger partial charge in [-0.15, -0.1) is 0 Å². The zero-order chi connectivity index (χ0) is 22.6. The number of para-hydroxylation sites is 1. The Morgan fingerprint density at radius 3 is 2.39 bits per heavy atom. The number of ether oxygens (including phenoxy) is 2. The number of benzene rings is 2. The van der Waals surface area contributed by atoms with Gasteiger partial charge in [-0.3, -0.25) is 14.6 Å². The summed E-state index contributed by atoms with van der Waals surface area (Å²) in [5.41, 5.74) is 3.52. The monoisotopic (exact) mass is 431 g/mol. The molecule has 160 valence electrons. The van der Waals surface area contributed by atoms with E-state index in [0.29, 0.717) is 5.75 Å². The lowest BCUT2D eigenvalue weighted by molar-refractivity contribution is -0.138. The third-order valence-electron chi connectivity index (χ3n) is 4.10. The minimum Gasteiger partial charge on any atom is -0.495 e. The second-order valence-corrected chi connectivity index (χ2v) is 6.18. The van der Waals surface area contributed by atoms with Gasteiger partial charge in [-0.1, -0.05) is 18.2 Å². The molecule has 31 heavy (non-hydrogen) atoms. The maximum Gasteiger partial charge on any atom is 0.419 e. The van der Waals surface area contributed by atoms with Crippen LogP contribution >= 0.6 is 0 Å². The number of carbonyl (C=O) groups excluding carboxylic acids is 2. The molecule has 0 radical (unpaired) electrons. The van der Waals surface area contributed by atoms with E-state index in [9.17, 15) is 22.8 Å². The summed E-state index contributed by atoms with van der Waals surface area (Å²) >= 11 is 0. The molecule has 0 fully saturated rings. The Hall–Kier alpha value is -4.08. The van der Waals surface area contributed by atoms with Crippen LogP contribution in [0.1, 0.15) is 26.4 Å². The molecule has 10 heteroatoms. The first-order valence-corrected chi connectivity index (χ1v) is 8.79. The molecule has 2 amide bonds. The lowest BCUT2D eigenvalue weighted by Gasteiger charge is -2.19. The van der Waals surface area contributed by atoms with E-state index in [0.717, 1.165) is 19.2 Å². The van der Waals surface area contributed by atoms with Gasteiger partial charge in [0.15, 0.2) is 0 Å². The summed E-state index contributed by atoms with van der Waals surface area (Å²) in [4.78, 5) is 28.0. The number of amides is 2. The van der Waals surface area contributed by atoms with Crippen LogP contribution in [0.25, 0.3) is 0 Å². The fraction of sp³-hybridized carbons (Fsp3) is 0.0952. The van der Waals surface area contributed by atoms with Crippen LogP contribution in [-0.4, -0.2) is 23.9 Å². The Morgan fingerprint density at radius 2 is 1.77 bits per heavy atom. The molecule has 1 heterocycles. The number of nitrogens with two attached hydrogens (primary N) is 1. The van der Waals surface area contributed by atoms with Crippen LogP contribution in [0.15, 0.2) is 60.8 Å². The third kappa shape index (κ3) is 4.92. The molecule has 3 aromatic rings. The van der Waals surface area contributed by atoms with Crippen LogP contribution in [0, 0.1) is 0 Å². The van der Waals surface area contributed by atoms with Crippen molar-refractivity contribution in [2.24, 2.45) is 5.73 Å². The summed E-state index contributed by atoms with van der Waals surface area (Å²) in [6.45, 7) is 0. The van der Waals surface area contributed by atoms with E-state index in [1.807, 2.05) is 0 Å². The van der Waals surface area contributed by atoms with Crippen LogP contribution in [-0.2, 0) is 6.18 Å². The van der Waals surface area contributed by atoms with E-state index in [-0.39, 0.29) is 17.1 Å². The zero-order valence-corrected chi connectivity index (χ0v) is 16.1. The van der Waals surface area contributed by atoms with E-state index in [1.165, 1.54) is 18.3 Å². The van der Waals surface area contributed by atoms with E-state index < -0.39 is 34.9 Å². The lowest BCUT2D eigenvalue weighted by Crippen LogP contribution is -2.18. The minimum absolute atomic E-state index is 0.0962. The number of rotatable bonds is 6. The Labute approximate surface area is 174 Å². The largest absolute Gasteiger partial charge is 0.495 e. The molecule has 1 aromatic heterocycles. The molecule has 0 atom stereocenters. The highest BCUT2D eigenvalue weighted by molar-refractivity contribution is 6.09. The van der Waals surface area contributed by atoms with E-state index in [1.54, 1.807) is 30.3 Å². The Balaban J connectivity index is 2.09. The molecule has 3 rings (SSSR count). The molecule has 0 unspecified atom stereocenters. The van der Waals surface area contributed by atoms with Crippen molar-refractivity contribution in [1.29, 1.82) is 0 Å². The number of primary amides is 1. The van der Waals surface area contributed by atoms with Crippen molar-refractivity contribution in [3.05, 3.63) is 77.6 Å². The number of nitrogens with zero attached hydrogens (tertiary/aromatic N) is 1. The van der Waals surface area contributed by atoms with Crippen molar-refractivity contribution in [2.75, 3.05) is 12.4 Å². The Bertz CT molecular complexity index is 1120. The van der Waals surface area contributed by atoms with Crippen LogP contribution < -0.4 is 20.5 Å². The lowest BCUT2D eigenvalue weighted by atomic mass is 10.1. The average Bonchev–Trinajstić information content (AvgIpc) is 2.73. The fourth-order valence-corrected chi connectivity index (χ4v) is 2.75. The standard InChI is InChI=1S/C21H16F3N3O4/c1-30-18-14(21(22,23)24)7-8-16(31-13-5-3-2-4-6-13)17(18)20(29)27-12-9-10-26-15(11-12)19(25)28/h2-11H,1H3,(H2,25,28)(H,26,27,29). The highest BCUT2D eigenvalue weighted by Crippen LogP contribution is 2.42. The van der Waals surface area contributed by atoms with Crippen molar-refractivity contribution >= 4 is 17.5 Å². The quantitative estimate of drug-likeness (QED) is 0.607. The first kappa shape index (κ1) is 21.6. The summed E-state index contributed by atoms with van der Waals surface area (Å²) in [6, 6.07) is 12.6. The van der Waals surface area contributed by atoms with Crippen molar-refractivity contribution in [2.45, 2.75) is 6.18 Å². The highest BCUT2D eigenvalue weighted by atomic mass is 19.4. The average molecular weight is 431 g/mol. The van der Waals surface area contributed by atoms with Crippen molar-refractivity contribution in [3.8, 4) is 17.2 Å². The number of pyridine rings is 1. The zero-order valence-electron chi connectivity index (χ0n) is 16.1. The number of carbonyl (C=O) groups is 2. The summed E-state index contributed by atoms with van der Waals surface area (Å²) in [7, 11) is 1.02. The summed E-state index contributed by atoms with van der Waals surface area (Å²) in [5.74, 6) is -2.34. The van der Waals surface area contributed by atoms with Crippen LogP contribution in [0.4, 0.5) is 18.9 Å².